The minimum Gasteiger partial charge on any atom is -0.506 e. The minimum atomic E-state index is -0.0219. The van der Waals surface area contributed by atoms with Crippen LogP contribution in [0, 0.1) is 11.3 Å². The van der Waals surface area contributed by atoms with Crippen LogP contribution in [-0.4, -0.2) is 30.2 Å². The van der Waals surface area contributed by atoms with Crippen molar-refractivity contribution in [3.05, 3.63) is 52.3 Å². The Kier molecular flexibility index (Phi) is 8.85. The maximum absolute atomic E-state index is 9.90. The number of hydrogen-bond acceptors (Lipinski definition) is 6. The molecule has 0 bridgehead atoms. The van der Waals surface area contributed by atoms with Crippen molar-refractivity contribution >= 4 is 11.6 Å². The van der Waals surface area contributed by atoms with Gasteiger partial charge in [-0.05, 0) is 45.1 Å². The van der Waals surface area contributed by atoms with Crippen molar-refractivity contribution in [2.75, 3.05) is 20.1 Å². The van der Waals surface area contributed by atoms with Crippen LogP contribution in [0.4, 0.5) is 0 Å². The molecule has 0 unspecified atom stereocenters. The number of nitrogens with one attached hydrogen (secondary N) is 2. The highest BCUT2D eigenvalue weighted by molar-refractivity contribution is 6.32. The number of ether oxygens (including phenoxy) is 1. The van der Waals surface area contributed by atoms with Gasteiger partial charge in [0.15, 0.2) is 0 Å². The fraction of sp³-hybridized carbons (Fsp3) is 0.400. The molecule has 1 heterocycles. The molecule has 3 N–H and O–H groups in total. The molecule has 1 aromatic carbocycles. The Bertz CT molecular complexity index is 777. The lowest BCUT2D eigenvalue weighted by molar-refractivity contribution is 0.299. The highest BCUT2D eigenvalue weighted by Crippen LogP contribution is 2.32. The maximum Gasteiger partial charge on any atom is 0.137 e. The van der Waals surface area contributed by atoms with Crippen LogP contribution in [0.15, 0.2) is 30.6 Å². The van der Waals surface area contributed by atoms with Gasteiger partial charge in [-0.1, -0.05) is 18.0 Å². The molecule has 0 radical (unpaired) electrons. The number of aromatic nitrogens is 1. The third kappa shape index (κ3) is 7.06. The summed E-state index contributed by atoms with van der Waals surface area (Å²) in [6.07, 6.45) is 6.57. The fourth-order valence-electron chi connectivity index (χ4n) is 2.60. The van der Waals surface area contributed by atoms with Crippen LogP contribution in [0.25, 0.3) is 0 Å². The number of nitriles is 1. The molecule has 2 rings (SSSR count). The van der Waals surface area contributed by atoms with E-state index in [2.05, 4.69) is 21.7 Å². The van der Waals surface area contributed by atoms with Crippen molar-refractivity contribution in [3.63, 3.8) is 0 Å². The van der Waals surface area contributed by atoms with Crippen LogP contribution in [0.3, 0.4) is 0 Å². The van der Waals surface area contributed by atoms with Crippen molar-refractivity contribution in [2.45, 2.75) is 32.4 Å². The first kappa shape index (κ1) is 21.0. The summed E-state index contributed by atoms with van der Waals surface area (Å²) in [5.74, 6) is 0.535. The van der Waals surface area contributed by atoms with Crippen LogP contribution in [0.5, 0.6) is 11.5 Å². The summed E-state index contributed by atoms with van der Waals surface area (Å²) in [7, 11) is 1.96. The summed E-state index contributed by atoms with van der Waals surface area (Å²) < 4.78 is 5.85. The van der Waals surface area contributed by atoms with E-state index in [-0.39, 0.29) is 12.4 Å². The third-order valence-corrected chi connectivity index (χ3v) is 4.35. The Morgan fingerprint density at radius 3 is 2.78 bits per heavy atom. The minimum absolute atomic E-state index is 0.0219. The van der Waals surface area contributed by atoms with Crippen molar-refractivity contribution in [1.82, 2.24) is 15.6 Å². The van der Waals surface area contributed by atoms with Gasteiger partial charge in [-0.15, -0.1) is 0 Å². The summed E-state index contributed by atoms with van der Waals surface area (Å²) >= 11 is 6.05. The van der Waals surface area contributed by atoms with Crippen molar-refractivity contribution in [2.24, 2.45) is 0 Å². The number of benzene rings is 1. The normalized spacial score (nSPS) is 10.6. The third-order valence-electron chi connectivity index (χ3n) is 4.04. The van der Waals surface area contributed by atoms with Gasteiger partial charge in [0.2, 0.25) is 0 Å². The predicted octanol–water partition coefficient (Wildman–Crippen LogP) is 3.37. The molecule has 7 heteroatoms. The van der Waals surface area contributed by atoms with Crippen molar-refractivity contribution in [3.8, 4) is 17.6 Å². The van der Waals surface area contributed by atoms with Gasteiger partial charge in [0.1, 0.15) is 24.2 Å². The number of aromatic hydroxyl groups is 1. The lowest BCUT2D eigenvalue weighted by atomic mass is 10.1. The molecular formula is C20H25ClN4O2. The van der Waals surface area contributed by atoms with E-state index in [1.807, 2.05) is 7.05 Å². The average molecular weight is 389 g/mol. The van der Waals surface area contributed by atoms with Gasteiger partial charge in [-0.3, -0.25) is 4.98 Å². The summed E-state index contributed by atoms with van der Waals surface area (Å²) in [5.41, 5.74) is 2.14. The summed E-state index contributed by atoms with van der Waals surface area (Å²) in [4.78, 5) is 4.02. The molecule has 0 saturated carbocycles. The first-order chi connectivity index (χ1) is 13.1. The summed E-state index contributed by atoms with van der Waals surface area (Å²) in [6, 6.07) is 7.02. The molecule has 1 aromatic heterocycles. The number of unbranched alkanes of at least 4 members (excludes halogenated alkanes) is 2. The molecular weight excluding hydrogens is 364 g/mol. The number of rotatable bonds is 11. The number of halogens is 1. The van der Waals surface area contributed by atoms with Gasteiger partial charge in [-0.2, -0.15) is 5.26 Å². The van der Waals surface area contributed by atoms with E-state index in [1.165, 1.54) is 12.3 Å². The second kappa shape index (κ2) is 11.4. The molecule has 0 saturated heterocycles. The highest BCUT2D eigenvalue weighted by atomic mass is 35.5. The van der Waals surface area contributed by atoms with Crippen molar-refractivity contribution < 1.29 is 9.84 Å². The molecule has 0 aliphatic carbocycles. The Morgan fingerprint density at radius 2 is 2.00 bits per heavy atom. The molecule has 0 amide bonds. The first-order valence-corrected chi connectivity index (χ1v) is 9.35. The molecule has 0 spiro atoms. The average Bonchev–Trinajstić information content (AvgIpc) is 2.68. The summed E-state index contributed by atoms with van der Waals surface area (Å²) in [6.45, 7) is 2.78. The molecule has 0 aliphatic rings. The van der Waals surface area contributed by atoms with E-state index in [0.717, 1.165) is 43.5 Å². The number of hydrogen-bond donors (Lipinski definition) is 3. The second-order valence-corrected chi connectivity index (χ2v) is 6.64. The topological polar surface area (TPSA) is 90.2 Å². The van der Waals surface area contributed by atoms with Crippen LogP contribution >= 0.6 is 11.6 Å². The standard InChI is InChI=1S/C20H25ClN4O2/c1-23-5-3-2-4-6-24-13-17-8-18(21)19(26)9-20(17)27-14-16-7-15(10-22)11-25-12-16/h7-9,11-12,23-24,26H,2-6,13-14H2,1H3. The zero-order valence-corrected chi connectivity index (χ0v) is 16.2. The van der Waals surface area contributed by atoms with Crippen LogP contribution in [0.2, 0.25) is 5.02 Å². The van der Waals surface area contributed by atoms with E-state index in [9.17, 15) is 5.11 Å². The molecule has 27 heavy (non-hydrogen) atoms. The molecule has 0 aliphatic heterocycles. The SMILES string of the molecule is CNCCCCCNCc1cc(Cl)c(O)cc1OCc1cncc(C#N)c1. The second-order valence-electron chi connectivity index (χ2n) is 6.23. The molecule has 144 valence electrons. The predicted molar refractivity (Wildman–Crippen MR) is 106 cm³/mol. The fourth-order valence-corrected chi connectivity index (χ4v) is 2.78. The van der Waals surface area contributed by atoms with Crippen molar-refractivity contribution in [1.29, 1.82) is 5.26 Å². The zero-order valence-electron chi connectivity index (χ0n) is 15.5. The quantitative estimate of drug-likeness (QED) is 0.511. The number of pyridine rings is 1. The molecule has 2 aromatic rings. The molecule has 6 nitrogen and oxygen atoms in total. The Labute approximate surface area is 165 Å². The van der Waals surface area contributed by atoms with Crippen LogP contribution in [-0.2, 0) is 13.2 Å². The monoisotopic (exact) mass is 388 g/mol. The number of phenolic OH excluding ortho intramolecular Hbond substituents is 1. The van der Waals surface area contributed by atoms with E-state index in [4.69, 9.17) is 21.6 Å². The lowest BCUT2D eigenvalue weighted by Gasteiger charge is -2.14. The lowest BCUT2D eigenvalue weighted by Crippen LogP contribution is -2.16. The van der Waals surface area contributed by atoms with Crippen LogP contribution in [0.1, 0.15) is 36.0 Å². The van der Waals surface area contributed by atoms with Gasteiger partial charge in [0, 0.05) is 36.1 Å². The first-order valence-electron chi connectivity index (χ1n) is 8.97. The Morgan fingerprint density at radius 1 is 1.19 bits per heavy atom. The zero-order chi connectivity index (χ0) is 19.5. The number of nitrogens with zero attached hydrogens (tertiary/aromatic N) is 2. The number of phenols is 1. The highest BCUT2D eigenvalue weighted by Gasteiger charge is 2.10. The van der Waals surface area contributed by atoms with Gasteiger partial charge in [-0.25, -0.2) is 0 Å². The molecule has 0 atom stereocenters. The van der Waals surface area contributed by atoms with E-state index in [1.54, 1.807) is 18.3 Å². The van der Waals surface area contributed by atoms with E-state index >= 15 is 0 Å². The smallest absolute Gasteiger partial charge is 0.137 e. The maximum atomic E-state index is 9.90. The van der Waals surface area contributed by atoms with Gasteiger partial charge in [0.25, 0.3) is 0 Å². The van der Waals surface area contributed by atoms with E-state index < -0.39 is 0 Å². The molecule has 0 fully saturated rings. The van der Waals surface area contributed by atoms with E-state index in [0.29, 0.717) is 22.9 Å². The Hall–Kier alpha value is -2.33. The largest absolute Gasteiger partial charge is 0.506 e. The van der Waals surface area contributed by atoms with Gasteiger partial charge in [0.05, 0.1) is 10.6 Å². The van der Waals surface area contributed by atoms with Crippen LogP contribution < -0.4 is 15.4 Å². The Balaban J connectivity index is 1.94. The van der Waals surface area contributed by atoms with Gasteiger partial charge < -0.3 is 20.5 Å². The summed E-state index contributed by atoms with van der Waals surface area (Å²) in [5, 5.41) is 25.7. The van der Waals surface area contributed by atoms with Gasteiger partial charge >= 0.3 is 0 Å².